The summed E-state index contributed by atoms with van der Waals surface area (Å²) in [6.07, 6.45) is 1.62. The number of aryl methyl sites for hydroxylation is 3. The monoisotopic (exact) mass is 406 g/mol. The maximum atomic E-state index is 12.8. The molecule has 1 unspecified atom stereocenters. The van der Waals surface area contributed by atoms with Gasteiger partial charge in [0.15, 0.2) is 6.10 Å². The van der Waals surface area contributed by atoms with Gasteiger partial charge in [0.2, 0.25) is 0 Å². The molecule has 0 aliphatic carbocycles. The van der Waals surface area contributed by atoms with E-state index in [-0.39, 0.29) is 5.91 Å². The maximum Gasteiger partial charge on any atom is 0.263 e. The van der Waals surface area contributed by atoms with Crippen molar-refractivity contribution in [3.05, 3.63) is 65.1 Å². The molecule has 2 aromatic heterocycles. The Morgan fingerprint density at radius 1 is 1.03 bits per heavy atom. The largest absolute Gasteiger partial charge is 0.481 e. The highest BCUT2D eigenvalue weighted by molar-refractivity contribution is 5.81. The number of imidazole rings is 1. The van der Waals surface area contributed by atoms with Crippen LogP contribution >= 0.6 is 0 Å². The second-order valence-corrected chi connectivity index (χ2v) is 8.25. The molecule has 0 spiro atoms. The van der Waals surface area contributed by atoms with Gasteiger partial charge in [0, 0.05) is 38.9 Å². The number of benzene rings is 1. The molecule has 0 radical (unpaired) electrons. The Bertz CT molecular complexity index is 1030. The van der Waals surface area contributed by atoms with Crippen molar-refractivity contribution in [3.63, 3.8) is 0 Å². The number of carbonyl (C=O) groups is 1. The second kappa shape index (κ2) is 8.48. The van der Waals surface area contributed by atoms with Crippen molar-refractivity contribution in [1.29, 1.82) is 0 Å². The smallest absolute Gasteiger partial charge is 0.263 e. The van der Waals surface area contributed by atoms with Crippen LogP contribution in [0.4, 0.5) is 0 Å². The molecule has 4 rings (SSSR count). The molecule has 1 atom stereocenters. The van der Waals surface area contributed by atoms with Crippen molar-refractivity contribution >= 4 is 11.6 Å². The summed E-state index contributed by atoms with van der Waals surface area (Å²) < 4.78 is 8.03. The van der Waals surface area contributed by atoms with Crippen LogP contribution in [0.25, 0.3) is 5.65 Å². The van der Waals surface area contributed by atoms with Gasteiger partial charge in [-0.15, -0.1) is 0 Å². The zero-order valence-electron chi connectivity index (χ0n) is 18.3. The Hall–Kier alpha value is -2.86. The Morgan fingerprint density at radius 2 is 1.73 bits per heavy atom. The lowest BCUT2D eigenvalue weighted by Crippen LogP contribution is -2.51. The molecule has 1 aliphatic heterocycles. The number of amides is 1. The third-order valence-electron chi connectivity index (χ3n) is 5.82. The normalized spacial score (nSPS) is 16.1. The molecular weight excluding hydrogens is 376 g/mol. The van der Waals surface area contributed by atoms with Gasteiger partial charge in [-0.25, -0.2) is 4.98 Å². The van der Waals surface area contributed by atoms with E-state index >= 15 is 0 Å². The first-order valence-corrected chi connectivity index (χ1v) is 10.6. The lowest BCUT2D eigenvalue weighted by Gasteiger charge is -2.35. The van der Waals surface area contributed by atoms with Crippen LogP contribution in [-0.4, -0.2) is 57.4 Å². The zero-order valence-corrected chi connectivity index (χ0v) is 18.3. The molecule has 0 N–H and O–H groups in total. The Balaban J connectivity index is 1.34. The van der Waals surface area contributed by atoms with Crippen LogP contribution in [0.2, 0.25) is 0 Å². The first kappa shape index (κ1) is 20.4. The first-order chi connectivity index (χ1) is 14.4. The van der Waals surface area contributed by atoms with Crippen molar-refractivity contribution in [2.24, 2.45) is 0 Å². The lowest BCUT2D eigenvalue weighted by molar-refractivity contribution is -0.139. The van der Waals surface area contributed by atoms with E-state index < -0.39 is 6.10 Å². The number of nitrogens with zero attached hydrogens (tertiary/aromatic N) is 4. The highest BCUT2D eigenvalue weighted by Gasteiger charge is 2.26. The number of piperazine rings is 1. The Morgan fingerprint density at radius 3 is 2.43 bits per heavy atom. The fourth-order valence-electron chi connectivity index (χ4n) is 3.97. The average Bonchev–Trinajstić information content (AvgIpc) is 3.04. The van der Waals surface area contributed by atoms with Crippen molar-refractivity contribution in [3.8, 4) is 5.75 Å². The van der Waals surface area contributed by atoms with Crippen LogP contribution in [0, 0.1) is 20.8 Å². The van der Waals surface area contributed by atoms with Gasteiger partial charge >= 0.3 is 0 Å². The molecule has 0 bridgehead atoms. The Labute approximate surface area is 178 Å². The van der Waals surface area contributed by atoms with Gasteiger partial charge < -0.3 is 14.0 Å². The molecule has 1 amide bonds. The van der Waals surface area contributed by atoms with E-state index in [0.717, 1.165) is 49.8 Å². The lowest BCUT2D eigenvalue weighted by atomic mass is 10.2. The molecule has 1 saturated heterocycles. The SMILES string of the molecule is Cc1ccc(OC(C)C(=O)N2CCN(Cc3c(C)nc4cc(C)ccn34)CC2)cc1. The minimum atomic E-state index is -0.483. The van der Waals surface area contributed by atoms with Gasteiger partial charge in [-0.05, 0) is 57.5 Å². The molecule has 3 heterocycles. The second-order valence-electron chi connectivity index (χ2n) is 8.25. The topological polar surface area (TPSA) is 50.1 Å². The van der Waals surface area contributed by atoms with Gasteiger partial charge in [-0.2, -0.15) is 0 Å². The Kier molecular flexibility index (Phi) is 5.77. The highest BCUT2D eigenvalue weighted by Crippen LogP contribution is 2.18. The van der Waals surface area contributed by atoms with E-state index in [4.69, 9.17) is 9.72 Å². The summed E-state index contributed by atoms with van der Waals surface area (Å²) in [7, 11) is 0. The number of hydrogen-bond donors (Lipinski definition) is 0. The van der Waals surface area contributed by atoms with Crippen molar-refractivity contribution < 1.29 is 9.53 Å². The minimum absolute atomic E-state index is 0.0525. The summed E-state index contributed by atoms with van der Waals surface area (Å²) in [5.74, 6) is 0.787. The summed E-state index contributed by atoms with van der Waals surface area (Å²) in [6.45, 7) is 12.0. The van der Waals surface area contributed by atoms with Crippen molar-refractivity contribution in [2.75, 3.05) is 26.2 Å². The predicted octanol–water partition coefficient (Wildman–Crippen LogP) is 3.37. The molecule has 1 aromatic carbocycles. The van der Waals surface area contributed by atoms with E-state index in [1.807, 2.05) is 43.0 Å². The molecule has 158 valence electrons. The zero-order chi connectivity index (χ0) is 21.3. The van der Waals surface area contributed by atoms with Crippen molar-refractivity contribution in [1.82, 2.24) is 19.2 Å². The molecule has 1 aliphatic rings. The summed E-state index contributed by atoms with van der Waals surface area (Å²) in [4.78, 5) is 21.8. The number of hydrogen-bond acceptors (Lipinski definition) is 4. The number of fused-ring (bicyclic) bond motifs is 1. The number of carbonyl (C=O) groups excluding carboxylic acids is 1. The van der Waals surface area contributed by atoms with Crippen LogP contribution in [0.1, 0.15) is 29.4 Å². The molecule has 6 nitrogen and oxygen atoms in total. The molecular formula is C24H30N4O2. The third kappa shape index (κ3) is 4.33. The first-order valence-electron chi connectivity index (χ1n) is 10.6. The van der Waals surface area contributed by atoms with E-state index in [2.05, 4.69) is 41.5 Å². The summed E-state index contributed by atoms with van der Waals surface area (Å²) in [6, 6.07) is 12.0. The van der Waals surface area contributed by atoms with Gasteiger partial charge in [0.05, 0.1) is 11.4 Å². The van der Waals surface area contributed by atoms with Crippen molar-refractivity contribution in [2.45, 2.75) is 40.3 Å². The van der Waals surface area contributed by atoms with Gasteiger partial charge in [0.25, 0.3) is 5.91 Å². The fraction of sp³-hybridized carbons (Fsp3) is 0.417. The van der Waals surface area contributed by atoms with Crippen LogP contribution in [-0.2, 0) is 11.3 Å². The van der Waals surface area contributed by atoms with E-state index in [0.29, 0.717) is 0 Å². The molecule has 6 heteroatoms. The number of aromatic nitrogens is 2. The number of pyridine rings is 1. The van der Waals surface area contributed by atoms with E-state index in [1.165, 1.54) is 16.8 Å². The average molecular weight is 407 g/mol. The number of rotatable bonds is 5. The molecule has 30 heavy (non-hydrogen) atoms. The van der Waals surface area contributed by atoms with Crippen LogP contribution in [0.3, 0.4) is 0 Å². The summed E-state index contributed by atoms with van der Waals surface area (Å²) >= 11 is 0. The summed E-state index contributed by atoms with van der Waals surface area (Å²) in [5, 5.41) is 0. The molecule has 3 aromatic rings. The summed E-state index contributed by atoms with van der Waals surface area (Å²) in [5.41, 5.74) is 5.68. The van der Waals surface area contributed by atoms with Crippen LogP contribution in [0.15, 0.2) is 42.6 Å². The van der Waals surface area contributed by atoms with Gasteiger partial charge in [-0.1, -0.05) is 17.7 Å². The fourth-order valence-corrected chi connectivity index (χ4v) is 3.97. The number of ether oxygens (including phenoxy) is 1. The highest BCUT2D eigenvalue weighted by atomic mass is 16.5. The van der Waals surface area contributed by atoms with Crippen LogP contribution in [0.5, 0.6) is 5.75 Å². The van der Waals surface area contributed by atoms with E-state index in [1.54, 1.807) is 0 Å². The standard InChI is InChI=1S/C24H30N4O2/c1-17-5-7-21(8-6-17)30-20(4)24(29)27-13-11-26(12-14-27)16-22-19(3)25-23-15-18(2)9-10-28(22)23/h5-10,15,20H,11-14,16H2,1-4H3. The third-order valence-corrected chi connectivity index (χ3v) is 5.82. The maximum absolute atomic E-state index is 12.8. The quantitative estimate of drug-likeness (QED) is 0.652. The molecule has 0 saturated carbocycles. The van der Waals surface area contributed by atoms with E-state index in [9.17, 15) is 4.79 Å². The van der Waals surface area contributed by atoms with Gasteiger partial charge in [-0.3, -0.25) is 9.69 Å². The predicted molar refractivity (Wildman–Crippen MR) is 118 cm³/mol. The minimum Gasteiger partial charge on any atom is -0.481 e. The molecule has 1 fully saturated rings. The van der Waals surface area contributed by atoms with Crippen LogP contribution < -0.4 is 4.74 Å². The van der Waals surface area contributed by atoms with Gasteiger partial charge in [0.1, 0.15) is 11.4 Å².